The first-order valence-corrected chi connectivity index (χ1v) is 13.1. The van der Waals surface area contributed by atoms with Crippen LogP contribution >= 0.6 is 11.3 Å². The quantitative estimate of drug-likeness (QED) is 0.463. The van der Waals surface area contributed by atoms with Crippen LogP contribution in [0.5, 0.6) is 0 Å². The lowest BCUT2D eigenvalue weighted by Crippen LogP contribution is -2.48. The summed E-state index contributed by atoms with van der Waals surface area (Å²) in [5, 5.41) is 15.9. The van der Waals surface area contributed by atoms with Gasteiger partial charge in [0.05, 0.1) is 17.1 Å². The molecule has 0 atom stereocenters. The summed E-state index contributed by atoms with van der Waals surface area (Å²) >= 11 is 1.65. The van der Waals surface area contributed by atoms with E-state index in [0.717, 1.165) is 41.1 Å². The van der Waals surface area contributed by atoms with Gasteiger partial charge in [-0.1, -0.05) is 11.3 Å². The smallest absolute Gasteiger partial charge is 0.224 e. The first-order chi connectivity index (χ1) is 16.0. The number of nitrogens with one attached hydrogen (secondary N) is 1. The summed E-state index contributed by atoms with van der Waals surface area (Å²) in [6, 6.07) is 7.83. The third-order valence-electron chi connectivity index (χ3n) is 8.04. The van der Waals surface area contributed by atoms with Gasteiger partial charge >= 0.3 is 0 Å². The lowest BCUT2D eigenvalue weighted by molar-refractivity contribution is -0.116. The predicted molar refractivity (Wildman–Crippen MR) is 132 cm³/mol. The van der Waals surface area contributed by atoms with Crippen LogP contribution in [0.4, 0.5) is 11.4 Å². The first kappa shape index (κ1) is 20.9. The maximum absolute atomic E-state index is 12.6. The maximum Gasteiger partial charge on any atom is 0.224 e. The van der Waals surface area contributed by atoms with Crippen LogP contribution in [0, 0.1) is 23.2 Å². The number of nitrogen functional groups attached to an aromatic ring is 1. The molecule has 4 aliphatic rings. The molecule has 1 amide bonds. The second-order valence-electron chi connectivity index (χ2n) is 10.7. The highest BCUT2D eigenvalue weighted by molar-refractivity contribution is 7.08. The molecule has 0 radical (unpaired) electrons. The van der Waals surface area contributed by atoms with Crippen LogP contribution in [-0.2, 0) is 17.8 Å². The Kier molecular flexibility index (Phi) is 5.24. The Hall–Kier alpha value is -2.67. The van der Waals surface area contributed by atoms with Gasteiger partial charge in [-0.05, 0) is 102 Å². The molecule has 0 unspecified atom stereocenters. The van der Waals surface area contributed by atoms with Gasteiger partial charge in [-0.25, -0.2) is 0 Å². The Labute approximate surface area is 198 Å². The number of nitrogens with two attached hydrogens (primary N) is 1. The molecule has 1 aromatic carbocycles. The number of aromatic nitrogens is 3. The van der Waals surface area contributed by atoms with E-state index in [9.17, 15) is 4.79 Å². The number of rotatable bonds is 7. The molecule has 7 rings (SSSR count). The minimum Gasteiger partial charge on any atom is -0.397 e. The Balaban J connectivity index is 1.06. The second kappa shape index (κ2) is 8.28. The van der Waals surface area contributed by atoms with Gasteiger partial charge in [0, 0.05) is 25.6 Å². The van der Waals surface area contributed by atoms with Crippen LogP contribution < -0.4 is 11.1 Å². The third kappa shape index (κ3) is 4.31. The van der Waals surface area contributed by atoms with E-state index in [1.807, 2.05) is 28.3 Å². The number of aryl methyl sites for hydroxylation is 1. The number of hydrogen-bond donors (Lipinski definition) is 2. The molecule has 3 N–H and O–H groups in total. The van der Waals surface area contributed by atoms with E-state index in [2.05, 4.69) is 33.3 Å². The van der Waals surface area contributed by atoms with Gasteiger partial charge in [0.1, 0.15) is 0 Å². The van der Waals surface area contributed by atoms with Gasteiger partial charge in [-0.15, -0.1) is 5.10 Å². The normalized spacial score (nSPS) is 27.7. The summed E-state index contributed by atoms with van der Waals surface area (Å²) in [7, 11) is 0. The number of amides is 1. The molecule has 4 saturated carbocycles. The van der Waals surface area contributed by atoms with Gasteiger partial charge in [0.15, 0.2) is 0 Å². The number of hydrogen-bond acceptors (Lipinski definition) is 5. The van der Waals surface area contributed by atoms with E-state index < -0.39 is 0 Å². The van der Waals surface area contributed by atoms with Gasteiger partial charge in [0.2, 0.25) is 5.91 Å². The molecule has 0 saturated heterocycles. The number of nitrogens with zero attached hydrogens (tertiary/aromatic N) is 3. The van der Waals surface area contributed by atoms with Gasteiger partial charge in [0.25, 0.3) is 0 Å². The van der Waals surface area contributed by atoms with E-state index in [1.54, 1.807) is 11.3 Å². The summed E-state index contributed by atoms with van der Waals surface area (Å²) < 4.78 is 2.04. The second-order valence-corrected chi connectivity index (χ2v) is 11.5. The molecule has 7 heteroatoms. The SMILES string of the molecule is Nc1ccc(-c2ccsc2)cc1NC(=O)CCc1cn(CC23CC4CC(CC(C4)C2)C3)nn1. The average molecular weight is 462 g/mol. The maximum atomic E-state index is 12.6. The summed E-state index contributed by atoms with van der Waals surface area (Å²) in [4.78, 5) is 12.6. The Bertz CT molecular complexity index is 1120. The number of carbonyl (C=O) groups is 1. The Morgan fingerprint density at radius 2 is 1.88 bits per heavy atom. The van der Waals surface area contributed by atoms with E-state index in [0.29, 0.717) is 29.6 Å². The van der Waals surface area contributed by atoms with Crippen molar-refractivity contribution >= 4 is 28.6 Å². The topological polar surface area (TPSA) is 85.8 Å². The molecule has 4 fully saturated rings. The highest BCUT2D eigenvalue weighted by atomic mass is 32.1. The molecule has 0 aliphatic heterocycles. The molecular formula is C26H31N5OS. The third-order valence-corrected chi connectivity index (χ3v) is 8.72. The minimum absolute atomic E-state index is 0.0557. The molecule has 2 heterocycles. The summed E-state index contributed by atoms with van der Waals surface area (Å²) in [5.41, 5.74) is 10.8. The van der Waals surface area contributed by atoms with E-state index in [4.69, 9.17) is 5.73 Å². The van der Waals surface area contributed by atoms with Crippen LogP contribution in [0.2, 0.25) is 0 Å². The molecular weight excluding hydrogens is 430 g/mol. The molecule has 172 valence electrons. The van der Waals surface area contributed by atoms with Gasteiger partial charge in [-0.2, -0.15) is 11.3 Å². The first-order valence-electron chi connectivity index (χ1n) is 12.1. The molecule has 0 spiro atoms. The molecule has 4 aliphatic carbocycles. The molecule has 4 bridgehead atoms. The fraction of sp³-hybridized carbons (Fsp3) is 0.500. The number of thiophene rings is 1. The minimum atomic E-state index is -0.0557. The van der Waals surface area contributed by atoms with Crippen molar-refractivity contribution in [1.82, 2.24) is 15.0 Å². The van der Waals surface area contributed by atoms with Crippen LogP contribution in [0.1, 0.15) is 50.6 Å². The van der Waals surface area contributed by atoms with Crippen molar-refractivity contribution in [3.8, 4) is 11.1 Å². The van der Waals surface area contributed by atoms with Crippen LogP contribution in [0.3, 0.4) is 0 Å². The fourth-order valence-corrected chi connectivity index (χ4v) is 7.75. The summed E-state index contributed by atoms with van der Waals surface area (Å²) in [6.45, 7) is 0.988. The highest BCUT2D eigenvalue weighted by Gasteiger charge is 2.51. The van der Waals surface area contributed by atoms with Crippen LogP contribution in [-0.4, -0.2) is 20.9 Å². The fourth-order valence-electron chi connectivity index (χ4n) is 7.08. The highest BCUT2D eigenvalue weighted by Crippen LogP contribution is 2.60. The van der Waals surface area contributed by atoms with Crippen molar-refractivity contribution in [1.29, 1.82) is 0 Å². The Morgan fingerprint density at radius 3 is 2.58 bits per heavy atom. The molecule has 6 nitrogen and oxygen atoms in total. The van der Waals surface area contributed by atoms with Crippen molar-refractivity contribution in [2.45, 2.75) is 57.9 Å². The summed E-state index contributed by atoms with van der Waals surface area (Å²) in [6.07, 6.45) is 11.5. The van der Waals surface area contributed by atoms with E-state index >= 15 is 0 Å². The van der Waals surface area contributed by atoms with Crippen molar-refractivity contribution < 1.29 is 4.79 Å². The van der Waals surface area contributed by atoms with Crippen LogP contribution in [0.25, 0.3) is 11.1 Å². The zero-order chi connectivity index (χ0) is 22.4. The molecule has 2 aromatic heterocycles. The summed E-state index contributed by atoms with van der Waals surface area (Å²) in [5.74, 6) is 2.76. The standard InChI is InChI=1S/C26H31N5OS/c27-23-3-1-20(21-5-6-33-15-21)10-24(23)28-25(32)4-2-22-14-31(30-29-22)16-26-11-17-7-18(12-26)9-19(8-17)13-26/h1,3,5-6,10,14-15,17-19H,2,4,7-9,11-13,16,27H2,(H,28,32). The van der Waals surface area contributed by atoms with Crippen molar-refractivity contribution in [2.24, 2.45) is 23.2 Å². The predicted octanol–water partition coefficient (Wildman–Crippen LogP) is 5.38. The van der Waals surface area contributed by atoms with Gasteiger partial charge in [-0.3, -0.25) is 9.48 Å². The van der Waals surface area contributed by atoms with Gasteiger partial charge < -0.3 is 11.1 Å². The zero-order valence-corrected chi connectivity index (χ0v) is 19.7. The largest absolute Gasteiger partial charge is 0.397 e. The van der Waals surface area contributed by atoms with Crippen molar-refractivity contribution in [3.05, 3.63) is 46.9 Å². The average Bonchev–Trinajstić information content (AvgIpc) is 3.45. The lowest BCUT2D eigenvalue weighted by Gasteiger charge is -2.56. The Morgan fingerprint density at radius 1 is 1.12 bits per heavy atom. The number of carbonyl (C=O) groups excluding carboxylic acids is 1. The van der Waals surface area contributed by atoms with Crippen molar-refractivity contribution in [2.75, 3.05) is 11.1 Å². The molecule has 3 aromatic rings. The van der Waals surface area contributed by atoms with Crippen molar-refractivity contribution in [3.63, 3.8) is 0 Å². The number of benzene rings is 1. The van der Waals surface area contributed by atoms with E-state index in [1.165, 1.54) is 38.5 Å². The molecule has 33 heavy (non-hydrogen) atoms. The number of anilines is 2. The van der Waals surface area contributed by atoms with Crippen LogP contribution in [0.15, 0.2) is 41.2 Å². The monoisotopic (exact) mass is 461 g/mol. The van der Waals surface area contributed by atoms with E-state index in [-0.39, 0.29) is 5.91 Å². The lowest BCUT2D eigenvalue weighted by atomic mass is 9.49. The zero-order valence-electron chi connectivity index (χ0n) is 18.9.